The fourth-order valence-electron chi connectivity index (χ4n) is 2.39. The predicted molar refractivity (Wildman–Crippen MR) is 93.6 cm³/mol. The number of aryl methyl sites for hydroxylation is 1. The van der Waals surface area contributed by atoms with Crippen molar-refractivity contribution >= 4 is 15.9 Å². The number of alkyl halides is 1. The first-order valence-corrected chi connectivity index (χ1v) is 8.13. The number of ether oxygens (including phenoxy) is 1. The lowest BCUT2D eigenvalue weighted by Crippen LogP contribution is -2.10. The molecule has 0 saturated heterocycles. The van der Waals surface area contributed by atoms with Crippen LogP contribution in [0.15, 0.2) is 42.5 Å². The Morgan fingerprint density at radius 2 is 1.62 bits per heavy atom. The van der Waals surface area contributed by atoms with Crippen LogP contribution in [0.25, 0.3) is 0 Å². The standard InChI is InChI=1S/C19H23BrO/c1-13-12-16(21-5)10-11-17(13)18(20)14-6-8-15(9-7-14)19(2,3)4/h6-12,18H,1-5H3. The van der Waals surface area contributed by atoms with Crippen LogP contribution in [0, 0.1) is 6.92 Å². The van der Waals surface area contributed by atoms with Crippen molar-refractivity contribution in [2.75, 3.05) is 7.11 Å². The van der Waals surface area contributed by atoms with Crippen molar-refractivity contribution in [2.45, 2.75) is 37.9 Å². The maximum absolute atomic E-state index is 5.27. The molecule has 1 unspecified atom stereocenters. The van der Waals surface area contributed by atoms with Gasteiger partial charge in [0, 0.05) is 0 Å². The smallest absolute Gasteiger partial charge is 0.119 e. The highest BCUT2D eigenvalue weighted by atomic mass is 79.9. The van der Waals surface area contributed by atoms with Crippen LogP contribution < -0.4 is 4.74 Å². The second-order valence-corrected chi connectivity index (χ2v) is 7.37. The van der Waals surface area contributed by atoms with Crippen LogP contribution in [-0.4, -0.2) is 7.11 Å². The van der Waals surface area contributed by atoms with E-state index >= 15 is 0 Å². The Bertz CT molecular complexity index is 608. The van der Waals surface area contributed by atoms with E-state index < -0.39 is 0 Å². The van der Waals surface area contributed by atoms with Gasteiger partial charge in [0.15, 0.2) is 0 Å². The van der Waals surface area contributed by atoms with Crippen molar-refractivity contribution in [3.8, 4) is 5.75 Å². The maximum atomic E-state index is 5.27. The van der Waals surface area contributed by atoms with E-state index in [0.717, 1.165) is 5.75 Å². The highest BCUT2D eigenvalue weighted by molar-refractivity contribution is 9.09. The first-order chi connectivity index (χ1) is 9.82. The summed E-state index contributed by atoms with van der Waals surface area (Å²) >= 11 is 3.83. The predicted octanol–water partition coefficient (Wildman–Crippen LogP) is 5.79. The van der Waals surface area contributed by atoms with Gasteiger partial charge in [-0.25, -0.2) is 0 Å². The molecule has 0 aliphatic rings. The minimum absolute atomic E-state index is 0.191. The Morgan fingerprint density at radius 3 is 2.10 bits per heavy atom. The van der Waals surface area contributed by atoms with Gasteiger partial charge in [-0.05, 0) is 46.7 Å². The highest BCUT2D eigenvalue weighted by Gasteiger charge is 2.16. The molecule has 0 bridgehead atoms. The van der Waals surface area contributed by atoms with Gasteiger partial charge in [0.2, 0.25) is 0 Å². The third kappa shape index (κ3) is 3.68. The Hall–Kier alpha value is -1.28. The summed E-state index contributed by atoms with van der Waals surface area (Å²) < 4.78 is 5.27. The van der Waals surface area contributed by atoms with Gasteiger partial charge in [-0.2, -0.15) is 0 Å². The fraction of sp³-hybridized carbons (Fsp3) is 0.368. The molecule has 2 aromatic rings. The summed E-state index contributed by atoms with van der Waals surface area (Å²) in [4.78, 5) is 0.206. The zero-order chi connectivity index (χ0) is 15.6. The Kier molecular flexibility index (Phi) is 4.77. The molecule has 0 aliphatic carbocycles. The van der Waals surface area contributed by atoms with Crippen molar-refractivity contribution in [3.05, 3.63) is 64.7 Å². The number of halogens is 1. The molecule has 1 nitrogen and oxygen atoms in total. The molecular weight excluding hydrogens is 324 g/mol. The first-order valence-electron chi connectivity index (χ1n) is 7.22. The second-order valence-electron chi connectivity index (χ2n) is 6.46. The molecule has 2 rings (SSSR count). The number of hydrogen-bond donors (Lipinski definition) is 0. The molecule has 0 radical (unpaired) electrons. The molecule has 0 aromatic heterocycles. The van der Waals surface area contributed by atoms with Gasteiger partial charge in [0.05, 0.1) is 11.9 Å². The first kappa shape index (κ1) is 16.1. The molecule has 0 heterocycles. The Labute approximate surface area is 136 Å². The Morgan fingerprint density at radius 1 is 1.00 bits per heavy atom. The van der Waals surface area contributed by atoms with Crippen LogP contribution in [-0.2, 0) is 5.41 Å². The van der Waals surface area contributed by atoms with Crippen molar-refractivity contribution < 1.29 is 4.74 Å². The highest BCUT2D eigenvalue weighted by Crippen LogP contribution is 2.35. The SMILES string of the molecule is COc1ccc(C(Br)c2ccc(C(C)(C)C)cc2)c(C)c1. The van der Waals surface area contributed by atoms with Gasteiger partial charge in [-0.15, -0.1) is 0 Å². The zero-order valence-electron chi connectivity index (χ0n) is 13.4. The van der Waals surface area contributed by atoms with Gasteiger partial charge in [0.25, 0.3) is 0 Å². The number of rotatable bonds is 3. The molecule has 0 aliphatic heterocycles. The molecule has 0 N–H and O–H groups in total. The summed E-state index contributed by atoms with van der Waals surface area (Å²) in [6, 6.07) is 15.1. The van der Waals surface area contributed by atoms with E-state index in [0.29, 0.717) is 0 Å². The molecule has 112 valence electrons. The van der Waals surface area contributed by atoms with Crippen molar-refractivity contribution in [2.24, 2.45) is 0 Å². The third-order valence-electron chi connectivity index (χ3n) is 3.82. The lowest BCUT2D eigenvalue weighted by atomic mass is 9.86. The molecule has 2 aromatic carbocycles. The summed E-state index contributed by atoms with van der Waals surface area (Å²) in [7, 11) is 1.70. The van der Waals surface area contributed by atoms with Gasteiger partial charge < -0.3 is 4.74 Å². The second kappa shape index (κ2) is 6.23. The fourth-order valence-corrected chi connectivity index (χ4v) is 3.21. The topological polar surface area (TPSA) is 9.23 Å². The summed E-state index contributed by atoms with van der Waals surface area (Å²) in [5.74, 6) is 0.902. The summed E-state index contributed by atoms with van der Waals surface area (Å²) in [5, 5.41) is 0. The third-order valence-corrected chi connectivity index (χ3v) is 4.84. The lowest BCUT2D eigenvalue weighted by Gasteiger charge is -2.20. The number of benzene rings is 2. The molecular formula is C19H23BrO. The van der Waals surface area contributed by atoms with Crippen LogP contribution in [0.4, 0.5) is 0 Å². The van der Waals surface area contributed by atoms with E-state index in [4.69, 9.17) is 4.74 Å². The van der Waals surface area contributed by atoms with Gasteiger partial charge >= 0.3 is 0 Å². The van der Waals surface area contributed by atoms with E-state index in [1.807, 2.05) is 6.07 Å². The van der Waals surface area contributed by atoms with Crippen LogP contribution in [0.1, 0.15) is 47.9 Å². The molecule has 0 spiro atoms. The largest absolute Gasteiger partial charge is 0.497 e. The summed E-state index contributed by atoms with van der Waals surface area (Å²) in [5.41, 5.74) is 5.33. The minimum atomic E-state index is 0.191. The van der Waals surface area contributed by atoms with E-state index in [9.17, 15) is 0 Å². The molecule has 1 atom stereocenters. The number of hydrogen-bond acceptors (Lipinski definition) is 1. The monoisotopic (exact) mass is 346 g/mol. The van der Waals surface area contributed by atoms with Gasteiger partial charge in [0.1, 0.15) is 5.75 Å². The zero-order valence-corrected chi connectivity index (χ0v) is 15.0. The minimum Gasteiger partial charge on any atom is -0.497 e. The van der Waals surface area contributed by atoms with E-state index in [2.05, 4.69) is 80.0 Å². The quantitative estimate of drug-likeness (QED) is 0.639. The van der Waals surface area contributed by atoms with Gasteiger partial charge in [-0.1, -0.05) is 67.0 Å². The lowest BCUT2D eigenvalue weighted by molar-refractivity contribution is 0.414. The average molecular weight is 347 g/mol. The molecule has 0 saturated carbocycles. The van der Waals surface area contributed by atoms with Crippen LogP contribution in [0.3, 0.4) is 0 Å². The van der Waals surface area contributed by atoms with Crippen molar-refractivity contribution in [3.63, 3.8) is 0 Å². The average Bonchev–Trinajstić information content (AvgIpc) is 2.45. The van der Waals surface area contributed by atoms with Crippen LogP contribution in [0.5, 0.6) is 5.75 Å². The molecule has 0 fully saturated rings. The molecule has 21 heavy (non-hydrogen) atoms. The number of methoxy groups -OCH3 is 1. The van der Waals surface area contributed by atoms with Gasteiger partial charge in [-0.3, -0.25) is 0 Å². The summed E-state index contributed by atoms with van der Waals surface area (Å²) in [6.45, 7) is 8.83. The van der Waals surface area contributed by atoms with Crippen molar-refractivity contribution in [1.82, 2.24) is 0 Å². The van der Waals surface area contributed by atoms with Crippen LogP contribution >= 0.6 is 15.9 Å². The van der Waals surface area contributed by atoms with E-state index in [-0.39, 0.29) is 10.2 Å². The molecule has 2 heteroatoms. The Balaban J connectivity index is 2.30. The maximum Gasteiger partial charge on any atom is 0.119 e. The van der Waals surface area contributed by atoms with E-state index in [1.54, 1.807) is 7.11 Å². The van der Waals surface area contributed by atoms with E-state index in [1.165, 1.54) is 22.3 Å². The molecule has 0 amide bonds. The van der Waals surface area contributed by atoms with Crippen molar-refractivity contribution in [1.29, 1.82) is 0 Å². The normalized spacial score (nSPS) is 13.0. The summed E-state index contributed by atoms with van der Waals surface area (Å²) in [6.07, 6.45) is 0. The van der Waals surface area contributed by atoms with Crippen LogP contribution in [0.2, 0.25) is 0 Å².